The van der Waals surface area contributed by atoms with E-state index in [1.807, 2.05) is 44.4 Å². The number of aliphatic hydroxyl groups is 1. The Labute approximate surface area is 106 Å². The average Bonchev–Trinajstić information content (AvgIpc) is 2.67. The van der Waals surface area contributed by atoms with Crippen molar-refractivity contribution in [1.29, 1.82) is 0 Å². The van der Waals surface area contributed by atoms with Gasteiger partial charge in [0.15, 0.2) is 0 Å². The van der Waals surface area contributed by atoms with E-state index in [0.717, 1.165) is 16.8 Å². The van der Waals surface area contributed by atoms with Gasteiger partial charge in [0.25, 0.3) is 0 Å². The molecule has 1 aromatic carbocycles. The fraction of sp³-hybridized carbons (Fsp3) is 0.308. The predicted octanol–water partition coefficient (Wildman–Crippen LogP) is 2.66. The van der Waals surface area contributed by atoms with Gasteiger partial charge in [-0.3, -0.25) is 4.68 Å². The molecule has 0 fully saturated rings. The molecular formula is C13H15ClN2O. The zero-order valence-corrected chi connectivity index (χ0v) is 10.6. The second kappa shape index (κ2) is 4.90. The highest BCUT2D eigenvalue weighted by Crippen LogP contribution is 2.24. The van der Waals surface area contributed by atoms with Crippen LogP contribution in [-0.2, 0) is 13.5 Å². The molecule has 0 bridgehead atoms. The van der Waals surface area contributed by atoms with E-state index >= 15 is 0 Å². The first kappa shape index (κ1) is 12.1. The van der Waals surface area contributed by atoms with Crippen LogP contribution in [0.15, 0.2) is 30.5 Å². The van der Waals surface area contributed by atoms with Gasteiger partial charge in [0.2, 0.25) is 0 Å². The van der Waals surface area contributed by atoms with Gasteiger partial charge >= 0.3 is 0 Å². The van der Waals surface area contributed by atoms with Gasteiger partial charge in [-0.2, -0.15) is 5.10 Å². The van der Waals surface area contributed by atoms with Crippen LogP contribution in [-0.4, -0.2) is 14.9 Å². The molecule has 17 heavy (non-hydrogen) atoms. The summed E-state index contributed by atoms with van der Waals surface area (Å²) >= 11 is 5.94. The maximum absolute atomic E-state index is 10.2. The summed E-state index contributed by atoms with van der Waals surface area (Å²) in [5, 5.41) is 15.1. The molecule has 0 radical (unpaired) electrons. The Morgan fingerprint density at radius 2 is 2.18 bits per heavy atom. The van der Waals surface area contributed by atoms with Gasteiger partial charge in [-0.05, 0) is 36.2 Å². The summed E-state index contributed by atoms with van der Waals surface area (Å²) in [7, 11) is 1.86. The highest BCUT2D eigenvalue weighted by molar-refractivity contribution is 6.30. The molecule has 3 nitrogen and oxygen atoms in total. The first-order chi connectivity index (χ1) is 8.06. The van der Waals surface area contributed by atoms with Crippen LogP contribution in [0.4, 0.5) is 0 Å². The largest absolute Gasteiger partial charge is 0.388 e. The van der Waals surface area contributed by atoms with Crippen LogP contribution in [0.2, 0.25) is 5.02 Å². The normalized spacial score (nSPS) is 12.7. The van der Waals surface area contributed by atoms with Crippen molar-refractivity contribution < 1.29 is 5.11 Å². The number of rotatable bonds is 3. The summed E-state index contributed by atoms with van der Waals surface area (Å²) in [6, 6.07) is 7.46. The third-order valence-corrected chi connectivity index (χ3v) is 3.01. The van der Waals surface area contributed by atoms with Gasteiger partial charge in [-0.25, -0.2) is 0 Å². The Balaban J connectivity index is 2.19. The molecule has 0 aliphatic carbocycles. The lowest BCUT2D eigenvalue weighted by atomic mass is 10.0. The summed E-state index contributed by atoms with van der Waals surface area (Å²) in [6.07, 6.45) is 1.80. The van der Waals surface area contributed by atoms with Gasteiger partial charge in [-0.1, -0.05) is 17.7 Å². The maximum Gasteiger partial charge on any atom is 0.0849 e. The van der Waals surface area contributed by atoms with E-state index in [9.17, 15) is 5.11 Å². The van der Waals surface area contributed by atoms with Crippen molar-refractivity contribution in [2.45, 2.75) is 19.4 Å². The summed E-state index contributed by atoms with van der Waals surface area (Å²) < 4.78 is 1.73. The van der Waals surface area contributed by atoms with Crippen molar-refractivity contribution in [3.63, 3.8) is 0 Å². The fourth-order valence-corrected chi connectivity index (χ4v) is 2.03. The summed E-state index contributed by atoms with van der Waals surface area (Å²) in [5.74, 6) is 0. The standard InChI is InChI=1S/C13H15ClN2O/c1-9-3-4-10(14)7-12(9)13(17)8-11-5-6-16(2)15-11/h3-7,13,17H,8H2,1-2H3. The van der Waals surface area contributed by atoms with Crippen molar-refractivity contribution in [1.82, 2.24) is 9.78 Å². The Kier molecular flexibility index (Phi) is 3.50. The van der Waals surface area contributed by atoms with E-state index < -0.39 is 6.10 Å². The van der Waals surface area contributed by atoms with E-state index in [0.29, 0.717) is 11.4 Å². The van der Waals surface area contributed by atoms with Crippen LogP contribution in [0.5, 0.6) is 0 Å². The quantitative estimate of drug-likeness (QED) is 0.910. The number of halogens is 1. The zero-order chi connectivity index (χ0) is 12.4. The number of nitrogens with zero attached hydrogens (tertiary/aromatic N) is 2. The molecule has 0 spiro atoms. The topological polar surface area (TPSA) is 38.0 Å². The second-order valence-electron chi connectivity index (χ2n) is 4.20. The van der Waals surface area contributed by atoms with Gasteiger partial charge in [0.05, 0.1) is 11.8 Å². The first-order valence-corrected chi connectivity index (χ1v) is 5.86. The molecular weight excluding hydrogens is 236 g/mol. The van der Waals surface area contributed by atoms with Gasteiger partial charge in [0, 0.05) is 24.7 Å². The summed E-state index contributed by atoms with van der Waals surface area (Å²) in [5.41, 5.74) is 2.78. The van der Waals surface area contributed by atoms with Crippen LogP contribution in [0.1, 0.15) is 22.9 Å². The molecule has 0 saturated carbocycles. The van der Waals surface area contributed by atoms with Crippen LogP contribution in [0.25, 0.3) is 0 Å². The monoisotopic (exact) mass is 250 g/mol. The van der Waals surface area contributed by atoms with Crippen molar-refractivity contribution >= 4 is 11.6 Å². The fourth-order valence-electron chi connectivity index (χ4n) is 1.85. The molecule has 0 aliphatic rings. The molecule has 0 saturated heterocycles. The van der Waals surface area contributed by atoms with Gasteiger partial charge in [0.1, 0.15) is 0 Å². The van der Waals surface area contributed by atoms with Gasteiger partial charge in [-0.15, -0.1) is 0 Å². The lowest BCUT2D eigenvalue weighted by Gasteiger charge is -2.12. The smallest absolute Gasteiger partial charge is 0.0849 e. The highest BCUT2D eigenvalue weighted by Gasteiger charge is 2.13. The second-order valence-corrected chi connectivity index (χ2v) is 4.64. The van der Waals surface area contributed by atoms with Crippen LogP contribution < -0.4 is 0 Å². The Bertz CT molecular complexity index is 522. The molecule has 1 unspecified atom stereocenters. The molecule has 1 N–H and O–H groups in total. The van der Waals surface area contributed by atoms with Crippen LogP contribution in [0, 0.1) is 6.92 Å². The van der Waals surface area contributed by atoms with E-state index in [1.54, 1.807) is 4.68 Å². The number of aliphatic hydroxyl groups excluding tert-OH is 1. The number of hydrogen-bond acceptors (Lipinski definition) is 2. The number of hydrogen-bond donors (Lipinski definition) is 1. The molecule has 0 amide bonds. The molecule has 0 aliphatic heterocycles. The van der Waals surface area contributed by atoms with Crippen molar-refractivity contribution in [3.8, 4) is 0 Å². The lowest BCUT2D eigenvalue weighted by molar-refractivity contribution is 0.176. The third-order valence-electron chi connectivity index (χ3n) is 2.77. The van der Waals surface area contributed by atoms with E-state index in [2.05, 4.69) is 5.10 Å². The minimum atomic E-state index is -0.566. The Hall–Kier alpha value is -1.32. The lowest BCUT2D eigenvalue weighted by Crippen LogP contribution is -2.05. The minimum absolute atomic E-state index is 0.502. The summed E-state index contributed by atoms with van der Waals surface area (Å²) in [4.78, 5) is 0. The third kappa shape index (κ3) is 2.87. The molecule has 90 valence electrons. The molecule has 1 aromatic heterocycles. The van der Waals surface area contributed by atoms with E-state index in [-0.39, 0.29) is 0 Å². The Morgan fingerprint density at radius 3 is 2.82 bits per heavy atom. The van der Waals surface area contributed by atoms with Crippen molar-refractivity contribution in [3.05, 3.63) is 52.3 Å². The van der Waals surface area contributed by atoms with Crippen LogP contribution >= 0.6 is 11.6 Å². The zero-order valence-electron chi connectivity index (χ0n) is 9.89. The number of aromatic nitrogens is 2. The highest BCUT2D eigenvalue weighted by atomic mass is 35.5. The van der Waals surface area contributed by atoms with Crippen molar-refractivity contribution in [2.24, 2.45) is 7.05 Å². The average molecular weight is 251 g/mol. The molecule has 4 heteroatoms. The molecule has 2 aromatic rings. The maximum atomic E-state index is 10.2. The minimum Gasteiger partial charge on any atom is -0.388 e. The summed E-state index contributed by atoms with van der Waals surface area (Å²) in [6.45, 7) is 1.97. The van der Waals surface area contributed by atoms with Crippen LogP contribution in [0.3, 0.4) is 0 Å². The molecule has 1 heterocycles. The van der Waals surface area contributed by atoms with E-state index in [4.69, 9.17) is 11.6 Å². The number of benzene rings is 1. The first-order valence-electron chi connectivity index (χ1n) is 5.49. The number of aryl methyl sites for hydroxylation is 2. The SMILES string of the molecule is Cc1ccc(Cl)cc1C(O)Cc1ccn(C)n1. The Morgan fingerprint density at radius 1 is 1.41 bits per heavy atom. The molecule has 2 rings (SSSR count). The van der Waals surface area contributed by atoms with E-state index in [1.165, 1.54) is 0 Å². The van der Waals surface area contributed by atoms with Crippen molar-refractivity contribution in [2.75, 3.05) is 0 Å². The predicted molar refractivity (Wildman–Crippen MR) is 68.1 cm³/mol. The van der Waals surface area contributed by atoms with Gasteiger partial charge < -0.3 is 5.11 Å². The molecule has 1 atom stereocenters.